The molecule has 3 rings (SSSR count). The molecular weight excluding hydrogens is 390 g/mol. The number of hydrogen-bond donors (Lipinski definition) is 2. The van der Waals surface area contributed by atoms with Crippen molar-refractivity contribution >= 4 is 34.7 Å². The van der Waals surface area contributed by atoms with Crippen molar-refractivity contribution in [2.75, 3.05) is 0 Å². The van der Waals surface area contributed by atoms with Gasteiger partial charge >= 0.3 is 0 Å². The standard InChI is InChI=1S/C20H19Cl2FN2O2/c1-11-5-6-20(23,16-4-3-7-24-18(11)16)19(27)25-10-15-14(12(2)26)8-13(21)9-17(15)22/h3-4,7-9,12,26H,1,5-6,10H2,2H3,(H,25,27). The van der Waals surface area contributed by atoms with Crippen LogP contribution in [0, 0.1) is 0 Å². The van der Waals surface area contributed by atoms with Gasteiger partial charge < -0.3 is 10.4 Å². The fraction of sp³-hybridized carbons (Fsp3) is 0.300. The molecule has 2 atom stereocenters. The first-order chi connectivity index (χ1) is 12.7. The average molecular weight is 409 g/mol. The van der Waals surface area contributed by atoms with Crippen LogP contribution in [0.4, 0.5) is 4.39 Å². The van der Waals surface area contributed by atoms with Gasteiger partial charge in [-0.15, -0.1) is 0 Å². The summed E-state index contributed by atoms with van der Waals surface area (Å²) in [5, 5.41) is 13.2. The van der Waals surface area contributed by atoms with Crippen molar-refractivity contribution in [2.45, 2.75) is 38.1 Å². The quantitative estimate of drug-likeness (QED) is 0.768. The van der Waals surface area contributed by atoms with E-state index in [4.69, 9.17) is 23.2 Å². The number of aromatic nitrogens is 1. The molecule has 0 saturated heterocycles. The first kappa shape index (κ1) is 19.8. The van der Waals surface area contributed by atoms with Gasteiger partial charge in [-0.2, -0.15) is 0 Å². The predicted octanol–water partition coefficient (Wildman–Crippen LogP) is 4.73. The molecule has 0 bridgehead atoms. The van der Waals surface area contributed by atoms with Crippen LogP contribution in [0.1, 0.15) is 48.3 Å². The average Bonchev–Trinajstić information content (AvgIpc) is 2.63. The summed E-state index contributed by atoms with van der Waals surface area (Å²) in [5.41, 5.74) is 0.143. The van der Waals surface area contributed by atoms with E-state index in [2.05, 4.69) is 16.9 Å². The molecule has 0 saturated carbocycles. The number of aliphatic hydroxyl groups is 1. The summed E-state index contributed by atoms with van der Waals surface area (Å²) < 4.78 is 15.7. The molecule has 1 aromatic carbocycles. The first-order valence-corrected chi connectivity index (χ1v) is 9.26. The fourth-order valence-corrected chi connectivity index (χ4v) is 3.89. The Labute approximate surface area is 167 Å². The topological polar surface area (TPSA) is 62.2 Å². The Morgan fingerprint density at radius 3 is 2.93 bits per heavy atom. The Morgan fingerprint density at radius 1 is 1.48 bits per heavy atom. The molecule has 1 heterocycles. The van der Waals surface area contributed by atoms with Crippen LogP contribution in [0.15, 0.2) is 37.0 Å². The Kier molecular flexibility index (Phi) is 5.56. The minimum absolute atomic E-state index is 0.00598. The van der Waals surface area contributed by atoms with Gasteiger partial charge in [0.1, 0.15) is 0 Å². The van der Waals surface area contributed by atoms with Gasteiger partial charge in [0.15, 0.2) is 0 Å². The number of nitrogens with zero attached hydrogens (tertiary/aromatic N) is 1. The fourth-order valence-electron chi connectivity index (χ4n) is 3.31. The van der Waals surface area contributed by atoms with Gasteiger partial charge in [-0.3, -0.25) is 9.78 Å². The highest BCUT2D eigenvalue weighted by molar-refractivity contribution is 6.35. The lowest BCUT2D eigenvalue weighted by atomic mass is 9.80. The van der Waals surface area contributed by atoms with Crippen LogP contribution in [0.5, 0.6) is 0 Å². The van der Waals surface area contributed by atoms with E-state index >= 15 is 4.39 Å². The van der Waals surface area contributed by atoms with Crippen molar-refractivity contribution in [3.8, 4) is 0 Å². The summed E-state index contributed by atoms with van der Waals surface area (Å²) >= 11 is 12.2. The van der Waals surface area contributed by atoms with E-state index in [9.17, 15) is 9.90 Å². The van der Waals surface area contributed by atoms with Crippen LogP contribution in [0.2, 0.25) is 10.0 Å². The number of halogens is 3. The highest BCUT2D eigenvalue weighted by Gasteiger charge is 2.45. The molecule has 0 aliphatic heterocycles. The minimum Gasteiger partial charge on any atom is -0.389 e. The Hall–Kier alpha value is -1.95. The lowest BCUT2D eigenvalue weighted by Crippen LogP contribution is -2.43. The van der Waals surface area contributed by atoms with E-state index < -0.39 is 17.7 Å². The number of benzene rings is 1. The van der Waals surface area contributed by atoms with E-state index in [0.29, 0.717) is 38.9 Å². The molecule has 2 aromatic rings. The van der Waals surface area contributed by atoms with Crippen LogP contribution in [-0.4, -0.2) is 16.0 Å². The van der Waals surface area contributed by atoms with Gasteiger partial charge in [0.2, 0.25) is 5.67 Å². The third-order valence-corrected chi connectivity index (χ3v) is 5.33. The van der Waals surface area contributed by atoms with E-state index in [-0.39, 0.29) is 18.5 Å². The second kappa shape index (κ2) is 7.58. The monoisotopic (exact) mass is 408 g/mol. The van der Waals surface area contributed by atoms with E-state index in [0.717, 1.165) is 0 Å². The first-order valence-electron chi connectivity index (χ1n) is 8.50. The lowest BCUT2D eigenvalue weighted by Gasteiger charge is -2.31. The molecule has 0 radical (unpaired) electrons. The number of fused-ring (bicyclic) bond motifs is 1. The number of alkyl halides is 1. The zero-order chi connectivity index (χ0) is 19.8. The van der Waals surface area contributed by atoms with E-state index in [1.54, 1.807) is 31.3 Å². The summed E-state index contributed by atoms with van der Waals surface area (Å²) in [6.45, 7) is 5.44. The predicted molar refractivity (Wildman–Crippen MR) is 104 cm³/mol. The zero-order valence-electron chi connectivity index (χ0n) is 14.7. The summed E-state index contributed by atoms with van der Waals surface area (Å²) in [6, 6.07) is 6.25. The molecule has 27 heavy (non-hydrogen) atoms. The highest BCUT2D eigenvalue weighted by atomic mass is 35.5. The molecule has 0 fully saturated rings. The number of aliphatic hydroxyl groups excluding tert-OH is 1. The van der Waals surface area contributed by atoms with Gasteiger partial charge in [0.25, 0.3) is 5.91 Å². The molecule has 2 unspecified atom stereocenters. The van der Waals surface area contributed by atoms with Crippen LogP contribution in [-0.2, 0) is 17.0 Å². The van der Waals surface area contributed by atoms with Crippen LogP contribution < -0.4 is 5.32 Å². The normalized spacial score (nSPS) is 20.1. The summed E-state index contributed by atoms with van der Waals surface area (Å²) in [7, 11) is 0. The molecule has 4 nitrogen and oxygen atoms in total. The molecule has 1 aliphatic carbocycles. The number of pyridine rings is 1. The summed E-state index contributed by atoms with van der Waals surface area (Å²) in [5.74, 6) is -0.771. The number of hydrogen-bond acceptors (Lipinski definition) is 3. The highest BCUT2D eigenvalue weighted by Crippen LogP contribution is 2.42. The maximum Gasteiger partial charge on any atom is 0.262 e. The van der Waals surface area contributed by atoms with Gasteiger partial charge in [0, 0.05) is 28.4 Å². The van der Waals surface area contributed by atoms with Gasteiger partial charge in [0.05, 0.1) is 11.8 Å². The second-order valence-corrected chi connectivity index (χ2v) is 7.46. The van der Waals surface area contributed by atoms with Crippen LogP contribution in [0.3, 0.4) is 0 Å². The third-order valence-electron chi connectivity index (χ3n) is 4.77. The largest absolute Gasteiger partial charge is 0.389 e. The molecular formula is C20H19Cl2FN2O2. The van der Waals surface area contributed by atoms with Crippen molar-refractivity contribution in [1.82, 2.24) is 10.3 Å². The molecule has 1 aromatic heterocycles. The Bertz CT molecular complexity index is 917. The van der Waals surface area contributed by atoms with Gasteiger partial charge in [-0.25, -0.2) is 4.39 Å². The van der Waals surface area contributed by atoms with Gasteiger partial charge in [-0.1, -0.05) is 35.8 Å². The third kappa shape index (κ3) is 3.72. The smallest absolute Gasteiger partial charge is 0.262 e. The summed E-state index contributed by atoms with van der Waals surface area (Å²) in [6.07, 6.45) is 1.05. The number of carbonyl (C=O) groups is 1. The number of allylic oxidation sites excluding steroid dienone is 1. The van der Waals surface area contributed by atoms with Crippen LogP contribution in [0.25, 0.3) is 5.57 Å². The molecule has 142 valence electrons. The van der Waals surface area contributed by atoms with Gasteiger partial charge in [-0.05, 0) is 54.7 Å². The maximum absolute atomic E-state index is 15.7. The van der Waals surface area contributed by atoms with Crippen molar-refractivity contribution in [3.05, 3.63) is 69.5 Å². The van der Waals surface area contributed by atoms with Crippen molar-refractivity contribution in [1.29, 1.82) is 0 Å². The second-order valence-electron chi connectivity index (χ2n) is 6.62. The summed E-state index contributed by atoms with van der Waals surface area (Å²) in [4.78, 5) is 16.9. The van der Waals surface area contributed by atoms with Crippen molar-refractivity contribution < 1.29 is 14.3 Å². The number of amides is 1. The lowest BCUT2D eigenvalue weighted by molar-refractivity contribution is -0.134. The molecule has 1 aliphatic rings. The number of rotatable bonds is 4. The zero-order valence-corrected chi connectivity index (χ0v) is 16.2. The maximum atomic E-state index is 15.7. The molecule has 2 N–H and O–H groups in total. The van der Waals surface area contributed by atoms with Crippen LogP contribution >= 0.6 is 23.2 Å². The number of carbonyl (C=O) groups excluding carboxylic acids is 1. The molecule has 0 spiro atoms. The van der Waals surface area contributed by atoms with Crippen molar-refractivity contribution in [2.24, 2.45) is 0 Å². The van der Waals surface area contributed by atoms with E-state index in [1.807, 2.05) is 0 Å². The Balaban J connectivity index is 1.88. The minimum atomic E-state index is -2.20. The molecule has 1 amide bonds. The van der Waals surface area contributed by atoms with Crippen molar-refractivity contribution in [3.63, 3.8) is 0 Å². The number of nitrogens with one attached hydrogen (secondary N) is 1. The molecule has 7 heteroatoms. The van der Waals surface area contributed by atoms with E-state index in [1.165, 1.54) is 6.07 Å². The Morgan fingerprint density at radius 2 is 2.22 bits per heavy atom. The SMILES string of the molecule is C=C1CCC(F)(C(=O)NCc2c(Cl)cc(Cl)cc2C(C)O)c2cccnc21.